The number of aromatic hydroxyl groups is 1. The number of carbonyl (C=O) groups is 6. The molecule has 0 saturated carbocycles. The van der Waals surface area contributed by atoms with Crippen LogP contribution in [0.25, 0.3) is 0 Å². The molecule has 0 spiro atoms. The molecule has 192 valence electrons. The molecule has 4 atom stereocenters. The highest BCUT2D eigenvalue weighted by Gasteiger charge is 2.30. The number of thiol groups is 1. The fourth-order valence-corrected chi connectivity index (χ4v) is 3.06. The molecule has 11 N–H and O–H groups in total. The lowest BCUT2D eigenvalue weighted by Crippen LogP contribution is -2.58. The third kappa shape index (κ3) is 10.3. The lowest BCUT2D eigenvalue weighted by atomic mass is 10.0. The maximum atomic E-state index is 13.0. The van der Waals surface area contributed by atoms with Crippen molar-refractivity contribution in [3.63, 3.8) is 0 Å². The van der Waals surface area contributed by atoms with Crippen LogP contribution in [-0.2, 0) is 35.2 Å². The van der Waals surface area contributed by atoms with E-state index in [0.29, 0.717) is 5.56 Å². The van der Waals surface area contributed by atoms with E-state index in [1.165, 1.54) is 24.3 Å². The number of carbonyl (C=O) groups excluding carboxylic acids is 5. The lowest BCUT2D eigenvalue weighted by molar-refractivity contribution is -0.143. The normalized spacial score (nSPS) is 14.0. The van der Waals surface area contributed by atoms with Crippen LogP contribution >= 0.6 is 12.6 Å². The minimum Gasteiger partial charge on any atom is -0.508 e. The largest absolute Gasteiger partial charge is 0.508 e. The van der Waals surface area contributed by atoms with Crippen LogP contribution in [0.1, 0.15) is 18.4 Å². The van der Waals surface area contributed by atoms with Crippen molar-refractivity contribution in [3.05, 3.63) is 29.8 Å². The Hall–Kier alpha value is -3.85. The molecular weight excluding hydrogens is 484 g/mol. The molecule has 0 bridgehead atoms. The van der Waals surface area contributed by atoms with Gasteiger partial charge in [0.05, 0.1) is 18.9 Å². The van der Waals surface area contributed by atoms with Crippen molar-refractivity contribution in [1.29, 1.82) is 0 Å². The Morgan fingerprint density at radius 2 is 1.29 bits per heavy atom. The van der Waals surface area contributed by atoms with Gasteiger partial charge in [-0.05, 0) is 17.7 Å². The minimum atomic E-state index is -1.63. The molecular formula is C20H28N6O8S. The van der Waals surface area contributed by atoms with Gasteiger partial charge in [0.15, 0.2) is 0 Å². The van der Waals surface area contributed by atoms with Crippen molar-refractivity contribution in [2.75, 3.05) is 5.75 Å². The third-order valence-corrected chi connectivity index (χ3v) is 4.97. The summed E-state index contributed by atoms with van der Waals surface area (Å²) < 4.78 is 0. The number of amides is 5. The van der Waals surface area contributed by atoms with Crippen LogP contribution in [0.5, 0.6) is 5.75 Å². The first-order valence-corrected chi connectivity index (χ1v) is 10.8. The monoisotopic (exact) mass is 512 g/mol. The summed E-state index contributed by atoms with van der Waals surface area (Å²) >= 11 is 3.99. The summed E-state index contributed by atoms with van der Waals surface area (Å²) in [6.45, 7) is 0. The van der Waals surface area contributed by atoms with Crippen LogP contribution in [0.3, 0.4) is 0 Å². The number of rotatable bonds is 14. The first kappa shape index (κ1) is 29.2. The Kier molecular flexibility index (Phi) is 11.5. The Bertz CT molecular complexity index is 957. The molecule has 0 saturated heterocycles. The summed E-state index contributed by atoms with van der Waals surface area (Å²) in [6.07, 6.45) is -1.25. The van der Waals surface area contributed by atoms with Crippen molar-refractivity contribution in [2.45, 2.75) is 43.4 Å². The van der Waals surface area contributed by atoms with E-state index in [-0.39, 0.29) is 17.9 Å². The van der Waals surface area contributed by atoms with Crippen molar-refractivity contribution >= 4 is 48.1 Å². The predicted molar refractivity (Wildman–Crippen MR) is 125 cm³/mol. The first-order chi connectivity index (χ1) is 16.3. The van der Waals surface area contributed by atoms with E-state index in [1.54, 1.807) is 0 Å². The number of aliphatic carboxylic acids is 1. The summed E-state index contributed by atoms with van der Waals surface area (Å²) in [6, 6.07) is 0.112. The number of nitrogens with one attached hydrogen (secondary N) is 3. The highest BCUT2D eigenvalue weighted by atomic mass is 32.1. The van der Waals surface area contributed by atoms with Crippen LogP contribution in [0.2, 0.25) is 0 Å². The van der Waals surface area contributed by atoms with Gasteiger partial charge in [-0.15, -0.1) is 0 Å². The Morgan fingerprint density at radius 3 is 1.77 bits per heavy atom. The fourth-order valence-electron chi connectivity index (χ4n) is 2.81. The molecule has 0 aliphatic rings. The number of benzene rings is 1. The summed E-state index contributed by atoms with van der Waals surface area (Å²) in [7, 11) is 0. The second-order valence-electron chi connectivity index (χ2n) is 7.52. The van der Waals surface area contributed by atoms with Gasteiger partial charge < -0.3 is 43.4 Å². The molecule has 0 heterocycles. The Labute approximate surface area is 205 Å². The van der Waals surface area contributed by atoms with Gasteiger partial charge in [0.2, 0.25) is 29.5 Å². The highest BCUT2D eigenvalue weighted by molar-refractivity contribution is 7.80. The maximum Gasteiger partial charge on any atom is 0.326 e. The average Bonchev–Trinajstić information content (AvgIpc) is 2.76. The number of phenols is 1. The molecule has 35 heavy (non-hydrogen) atoms. The SMILES string of the molecule is NC(=O)C[C@H](NC(=O)[C@H](CS)NC(=O)[C@H](Cc1ccc(O)cc1)NC(=O)[C@@H](N)CC(N)=O)C(=O)O. The number of hydrogen-bond acceptors (Lipinski definition) is 9. The standard InChI is InChI=1S/C20H28N6O8S/c21-11(6-15(22)28)17(30)24-12(5-9-1-3-10(27)4-2-9)18(31)26-14(8-35)19(32)25-13(20(33)34)7-16(23)29/h1-4,11-14,27,35H,5-8,21H2,(H2,22,28)(H2,23,29)(H,24,30)(H,25,32)(H,26,31)(H,33,34)/t11-,12-,13-,14-/m0/s1. The number of nitrogens with two attached hydrogens (primary N) is 3. The Balaban J connectivity index is 3.03. The predicted octanol–water partition coefficient (Wildman–Crippen LogP) is -3.52. The van der Waals surface area contributed by atoms with Crippen molar-refractivity contribution in [1.82, 2.24) is 16.0 Å². The molecule has 0 unspecified atom stereocenters. The number of hydrogen-bond donors (Lipinski definition) is 9. The van der Waals surface area contributed by atoms with E-state index >= 15 is 0 Å². The van der Waals surface area contributed by atoms with Gasteiger partial charge >= 0.3 is 5.97 Å². The highest BCUT2D eigenvalue weighted by Crippen LogP contribution is 2.12. The van der Waals surface area contributed by atoms with Crippen LogP contribution < -0.4 is 33.2 Å². The number of primary amides is 2. The first-order valence-electron chi connectivity index (χ1n) is 10.2. The molecule has 0 radical (unpaired) electrons. The molecule has 0 aliphatic heterocycles. The van der Waals surface area contributed by atoms with Gasteiger partial charge in [-0.25, -0.2) is 4.79 Å². The molecule has 15 heteroatoms. The van der Waals surface area contributed by atoms with Gasteiger partial charge in [-0.1, -0.05) is 12.1 Å². The van der Waals surface area contributed by atoms with E-state index < -0.39 is 72.5 Å². The van der Waals surface area contributed by atoms with Gasteiger partial charge in [0.1, 0.15) is 23.9 Å². The number of carboxylic acids is 1. The zero-order chi connectivity index (χ0) is 26.7. The van der Waals surface area contributed by atoms with Crippen molar-refractivity contribution in [2.24, 2.45) is 17.2 Å². The summed E-state index contributed by atoms with van der Waals surface area (Å²) in [5, 5.41) is 25.4. The zero-order valence-electron chi connectivity index (χ0n) is 18.5. The molecule has 1 rings (SSSR count). The molecule has 1 aromatic carbocycles. The van der Waals surface area contributed by atoms with E-state index in [0.717, 1.165) is 0 Å². The van der Waals surface area contributed by atoms with E-state index in [1.807, 2.05) is 0 Å². The van der Waals surface area contributed by atoms with Gasteiger partial charge in [0.25, 0.3) is 0 Å². The average molecular weight is 513 g/mol. The third-order valence-electron chi connectivity index (χ3n) is 4.60. The molecule has 1 aromatic rings. The minimum absolute atomic E-state index is 0.0296. The molecule has 0 aromatic heterocycles. The fraction of sp³-hybridized carbons (Fsp3) is 0.400. The maximum absolute atomic E-state index is 13.0. The molecule has 14 nitrogen and oxygen atoms in total. The van der Waals surface area contributed by atoms with Crippen LogP contribution in [0, 0.1) is 0 Å². The summed E-state index contributed by atoms with van der Waals surface area (Å²) in [5.41, 5.74) is 16.2. The van der Waals surface area contributed by atoms with Gasteiger partial charge in [-0.2, -0.15) is 12.6 Å². The second-order valence-corrected chi connectivity index (χ2v) is 7.89. The number of carboxylic acid groups (broad SMARTS) is 1. The topological polar surface area (TPSA) is 257 Å². The quantitative estimate of drug-likeness (QED) is 0.112. The van der Waals surface area contributed by atoms with Crippen molar-refractivity contribution < 1.29 is 39.0 Å². The lowest BCUT2D eigenvalue weighted by Gasteiger charge is -2.24. The zero-order valence-corrected chi connectivity index (χ0v) is 19.4. The summed E-state index contributed by atoms with van der Waals surface area (Å²) in [5.74, 6) is -6.27. The molecule has 5 amide bonds. The summed E-state index contributed by atoms with van der Waals surface area (Å²) in [4.78, 5) is 71.2. The molecule has 0 aliphatic carbocycles. The van der Waals surface area contributed by atoms with Crippen LogP contribution in [0.15, 0.2) is 24.3 Å². The van der Waals surface area contributed by atoms with Gasteiger partial charge in [0, 0.05) is 12.2 Å². The van der Waals surface area contributed by atoms with E-state index in [4.69, 9.17) is 22.3 Å². The van der Waals surface area contributed by atoms with Crippen LogP contribution in [-0.4, -0.2) is 75.6 Å². The van der Waals surface area contributed by atoms with Crippen LogP contribution in [0.4, 0.5) is 0 Å². The van der Waals surface area contributed by atoms with Gasteiger partial charge in [-0.3, -0.25) is 24.0 Å². The van der Waals surface area contributed by atoms with E-state index in [9.17, 15) is 33.9 Å². The smallest absolute Gasteiger partial charge is 0.326 e. The van der Waals surface area contributed by atoms with Crippen molar-refractivity contribution in [3.8, 4) is 5.75 Å². The Morgan fingerprint density at radius 1 is 0.800 bits per heavy atom. The number of phenolic OH excluding ortho intramolecular Hbond substituents is 1. The molecule has 0 fully saturated rings. The second kappa shape index (κ2) is 13.8. The van der Waals surface area contributed by atoms with E-state index in [2.05, 4.69) is 28.6 Å².